The Morgan fingerprint density at radius 3 is 2.39 bits per heavy atom. The fourth-order valence-corrected chi connectivity index (χ4v) is 1.47. The van der Waals surface area contributed by atoms with Crippen molar-refractivity contribution >= 4 is 23.5 Å². The summed E-state index contributed by atoms with van der Waals surface area (Å²) in [4.78, 5) is 22.7. The van der Waals surface area contributed by atoms with Crippen molar-refractivity contribution in [2.75, 3.05) is 0 Å². The molecule has 0 heterocycles. The minimum Gasteiger partial charge on any atom is -0.480 e. The highest BCUT2D eigenvalue weighted by molar-refractivity contribution is 6.31. The maximum Gasteiger partial charge on any atom is 0.318 e. The lowest BCUT2D eigenvalue weighted by Crippen LogP contribution is -2.43. The number of hydrogen-bond acceptors (Lipinski definition) is 3. The van der Waals surface area contributed by atoms with Crippen molar-refractivity contribution in [1.82, 2.24) is 5.06 Å². The minimum absolute atomic E-state index is 0.158. The van der Waals surface area contributed by atoms with Crippen LogP contribution in [0.25, 0.3) is 0 Å². The van der Waals surface area contributed by atoms with Crippen molar-refractivity contribution in [1.29, 1.82) is 0 Å². The van der Waals surface area contributed by atoms with E-state index in [0.29, 0.717) is 15.6 Å². The normalized spacial score (nSPS) is 11.1. The van der Waals surface area contributed by atoms with Crippen molar-refractivity contribution in [2.24, 2.45) is 5.41 Å². The van der Waals surface area contributed by atoms with Gasteiger partial charge in [0.2, 0.25) is 0 Å². The third-order valence-corrected chi connectivity index (χ3v) is 2.95. The summed E-state index contributed by atoms with van der Waals surface area (Å²) in [6.45, 7) is 2.30. The van der Waals surface area contributed by atoms with Gasteiger partial charge in [0.25, 0.3) is 5.91 Å². The summed E-state index contributed by atoms with van der Waals surface area (Å²) >= 11 is 5.88. The molecule has 0 atom stereocenters. The van der Waals surface area contributed by atoms with Crippen LogP contribution in [0.4, 0.5) is 0 Å². The van der Waals surface area contributed by atoms with Crippen molar-refractivity contribution in [3.05, 3.63) is 34.9 Å². The van der Waals surface area contributed by atoms with E-state index in [4.69, 9.17) is 16.7 Å². The molecule has 6 heteroatoms. The van der Waals surface area contributed by atoms with Gasteiger partial charge in [0.1, 0.15) is 5.41 Å². The SMILES string of the molecule is CC(C)(C(=O)O)C(=O)N(O)Cc1ccccc1Cl. The van der Waals surface area contributed by atoms with Gasteiger partial charge in [-0.1, -0.05) is 29.8 Å². The number of carboxylic acid groups (broad SMARTS) is 1. The van der Waals surface area contributed by atoms with E-state index in [1.165, 1.54) is 13.8 Å². The van der Waals surface area contributed by atoms with Crippen molar-refractivity contribution in [3.63, 3.8) is 0 Å². The zero-order valence-electron chi connectivity index (χ0n) is 10.1. The lowest BCUT2D eigenvalue weighted by Gasteiger charge is -2.24. The molecule has 2 N–H and O–H groups in total. The number of carbonyl (C=O) groups excluding carboxylic acids is 1. The summed E-state index contributed by atoms with van der Waals surface area (Å²) in [5.74, 6) is -2.19. The molecule has 0 fully saturated rings. The number of carboxylic acids is 1. The number of halogens is 1. The summed E-state index contributed by atoms with van der Waals surface area (Å²) in [6, 6.07) is 6.70. The van der Waals surface area contributed by atoms with E-state index in [9.17, 15) is 14.8 Å². The van der Waals surface area contributed by atoms with Crippen LogP contribution in [-0.2, 0) is 16.1 Å². The summed E-state index contributed by atoms with van der Waals surface area (Å²) < 4.78 is 0. The molecule has 0 aliphatic carbocycles. The number of aliphatic carboxylic acids is 1. The number of hydroxylamine groups is 2. The molecule has 98 valence electrons. The van der Waals surface area contributed by atoms with Crippen LogP contribution in [0.5, 0.6) is 0 Å². The Bertz CT molecular complexity index is 473. The smallest absolute Gasteiger partial charge is 0.318 e. The van der Waals surface area contributed by atoms with Crippen LogP contribution in [0.3, 0.4) is 0 Å². The molecule has 5 nitrogen and oxygen atoms in total. The third-order valence-electron chi connectivity index (χ3n) is 2.58. The van der Waals surface area contributed by atoms with Gasteiger partial charge in [0.05, 0.1) is 6.54 Å². The zero-order valence-corrected chi connectivity index (χ0v) is 10.8. The number of rotatable bonds is 4. The van der Waals surface area contributed by atoms with E-state index in [1.807, 2.05) is 0 Å². The third kappa shape index (κ3) is 3.00. The quantitative estimate of drug-likeness (QED) is 0.500. The minimum atomic E-state index is -1.68. The number of amides is 1. The maximum absolute atomic E-state index is 11.8. The molecule has 0 aliphatic heterocycles. The van der Waals surface area contributed by atoms with Crippen LogP contribution in [0.1, 0.15) is 19.4 Å². The van der Waals surface area contributed by atoms with Gasteiger partial charge < -0.3 is 5.11 Å². The first kappa shape index (κ1) is 14.5. The lowest BCUT2D eigenvalue weighted by atomic mass is 9.92. The molecule has 0 aliphatic rings. The van der Waals surface area contributed by atoms with Crippen LogP contribution < -0.4 is 0 Å². The van der Waals surface area contributed by atoms with E-state index >= 15 is 0 Å². The Balaban J connectivity index is 2.84. The maximum atomic E-state index is 11.8. The molecular formula is C12H14ClNO4. The standard InChI is InChI=1S/C12H14ClNO4/c1-12(2,11(16)17)10(15)14(18)7-8-5-3-4-6-9(8)13/h3-6,18H,7H2,1-2H3,(H,16,17). The van der Waals surface area contributed by atoms with Crippen LogP contribution in [0.15, 0.2) is 24.3 Å². The first-order valence-electron chi connectivity index (χ1n) is 5.24. The summed E-state index contributed by atoms with van der Waals surface area (Å²) in [5, 5.41) is 19.3. The van der Waals surface area contributed by atoms with Gasteiger partial charge in [-0.3, -0.25) is 14.8 Å². The van der Waals surface area contributed by atoms with Crippen LogP contribution >= 0.6 is 11.6 Å². The van der Waals surface area contributed by atoms with Crippen LogP contribution in [0.2, 0.25) is 5.02 Å². The van der Waals surface area contributed by atoms with E-state index < -0.39 is 17.3 Å². The highest BCUT2D eigenvalue weighted by Crippen LogP contribution is 2.22. The van der Waals surface area contributed by atoms with Crippen LogP contribution in [0, 0.1) is 5.41 Å². The molecule has 18 heavy (non-hydrogen) atoms. The molecule has 0 aromatic heterocycles. The molecule has 0 saturated heterocycles. The predicted molar refractivity (Wildman–Crippen MR) is 65.2 cm³/mol. The molecular weight excluding hydrogens is 258 g/mol. The predicted octanol–water partition coefficient (Wildman–Crippen LogP) is 2.17. The molecule has 0 spiro atoms. The van der Waals surface area contributed by atoms with E-state index in [1.54, 1.807) is 24.3 Å². The van der Waals surface area contributed by atoms with Crippen molar-refractivity contribution in [3.8, 4) is 0 Å². The Morgan fingerprint density at radius 2 is 1.89 bits per heavy atom. The molecule has 1 aromatic carbocycles. The monoisotopic (exact) mass is 271 g/mol. The number of nitrogens with zero attached hydrogens (tertiary/aromatic N) is 1. The molecule has 1 aromatic rings. The Hall–Kier alpha value is -1.59. The Morgan fingerprint density at radius 1 is 1.33 bits per heavy atom. The van der Waals surface area contributed by atoms with Gasteiger partial charge in [0.15, 0.2) is 0 Å². The van der Waals surface area contributed by atoms with Gasteiger partial charge in [-0.15, -0.1) is 0 Å². The van der Waals surface area contributed by atoms with Gasteiger partial charge >= 0.3 is 5.97 Å². The number of benzene rings is 1. The second-order valence-electron chi connectivity index (χ2n) is 4.38. The Labute approximate surface area is 110 Å². The van der Waals surface area contributed by atoms with Gasteiger partial charge in [0, 0.05) is 5.02 Å². The lowest BCUT2D eigenvalue weighted by molar-refractivity contribution is -0.183. The molecule has 0 radical (unpaired) electrons. The van der Waals surface area contributed by atoms with E-state index in [-0.39, 0.29) is 6.54 Å². The highest BCUT2D eigenvalue weighted by atomic mass is 35.5. The van der Waals surface area contributed by atoms with Gasteiger partial charge in [-0.2, -0.15) is 0 Å². The van der Waals surface area contributed by atoms with Crippen molar-refractivity contribution < 1.29 is 19.9 Å². The molecule has 0 saturated carbocycles. The van der Waals surface area contributed by atoms with E-state index in [0.717, 1.165) is 0 Å². The van der Waals surface area contributed by atoms with Gasteiger partial charge in [-0.05, 0) is 25.5 Å². The van der Waals surface area contributed by atoms with Crippen LogP contribution in [-0.4, -0.2) is 27.3 Å². The summed E-state index contributed by atoms with van der Waals surface area (Å²) in [6.07, 6.45) is 0. The van der Waals surface area contributed by atoms with E-state index in [2.05, 4.69) is 0 Å². The van der Waals surface area contributed by atoms with Crippen molar-refractivity contribution in [2.45, 2.75) is 20.4 Å². The molecule has 1 rings (SSSR count). The summed E-state index contributed by atoms with van der Waals surface area (Å²) in [5.41, 5.74) is -1.15. The fourth-order valence-electron chi connectivity index (χ4n) is 1.27. The Kier molecular flexibility index (Phi) is 4.32. The zero-order chi connectivity index (χ0) is 13.9. The summed E-state index contributed by atoms with van der Waals surface area (Å²) in [7, 11) is 0. The highest BCUT2D eigenvalue weighted by Gasteiger charge is 2.39. The average molecular weight is 272 g/mol. The molecule has 0 unspecified atom stereocenters. The largest absolute Gasteiger partial charge is 0.480 e. The van der Waals surface area contributed by atoms with Gasteiger partial charge in [-0.25, -0.2) is 5.06 Å². The first-order valence-corrected chi connectivity index (χ1v) is 5.62. The average Bonchev–Trinajstić information content (AvgIpc) is 2.30. The second kappa shape index (κ2) is 5.37. The number of hydrogen-bond donors (Lipinski definition) is 2. The fraction of sp³-hybridized carbons (Fsp3) is 0.333. The molecule has 0 bridgehead atoms. The topological polar surface area (TPSA) is 77.8 Å². The molecule has 1 amide bonds. The second-order valence-corrected chi connectivity index (χ2v) is 4.79. The number of carbonyl (C=O) groups is 2. The first-order chi connectivity index (χ1) is 8.26.